The van der Waals surface area contributed by atoms with Crippen LogP contribution in [-0.4, -0.2) is 42.2 Å². The standard InChI is InChI=1S/C18H25NO3/c1-19(11-17(20)14-6-7-14)18(21)12-22-16-9-8-13-4-2-3-5-15(13)10-16/h8-10,14,17,20H,2-7,11-12H2,1H3. The Morgan fingerprint density at radius 3 is 2.77 bits per heavy atom. The molecule has 3 rings (SSSR count). The van der Waals surface area contributed by atoms with E-state index in [1.54, 1.807) is 11.9 Å². The number of amides is 1. The Balaban J connectivity index is 1.49. The zero-order chi connectivity index (χ0) is 15.5. The number of hydrogen-bond acceptors (Lipinski definition) is 3. The fraction of sp³-hybridized carbons (Fsp3) is 0.611. The van der Waals surface area contributed by atoms with Gasteiger partial charge in [-0.3, -0.25) is 4.79 Å². The molecule has 1 fully saturated rings. The Hall–Kier alpha value is -1.55. The second-order valence-corrected chi connectivity index (χ2v) is 6.61. The maximum atomic E-state index is 12.1. The van der Waals surface area contributed by atoms with Crippen LogP contribution in [0.15, 0.2) is 18.2 Å². The van der Waals surface area contributed by atoms with Crippen molar-refractivity contribution in [3.8, 4) is 5.75 Å². The third kappa shape index (κ3) is 3.80. The molecule has 120 valence electrons. The predicted octanol–water partition coefficient (Wildman–Crippen LogP) is 2.17. The molecule has 0 heterocycles. The Morgan fingerprint density at radius 2 is 2.05 bits per heavy atom. The van der Waals surface area contributed by atoms with E-state index in [0.29, 0.717) is 12.5 Å². The summed E-state index contributed by atoms with van der Waals surface area (Å²) in [5.74, 6) is 1.07. The summed E-state index contributed by atoms with van der Waals surface area (Å²) in [6.07, 6.45) is 6.52. The molecule has 2 aliphatic carbocycles. The van der Waals surface area contributed by atoms with Crippen molar-refractivity contribution < 1.29 is 14.6 Å². The van der Waals surface area contributed by atoms with Crippen LogP contribution in [-0.2, 0) is 17.6 Å². The minimum Gasteiger partial charge on any atom is -0.484 e. The van der Waals surface area contributed by atoms with Crippen LogP contribution in [0.4, 0.5) is 0 Å². The molecule has 0 saturated heterocycles. The van der Waals surface area contributed by atoms with Crippen LogP contribution in [0.25, 0.3) is 0 Å². The number of carbonyl (C=O) groups excluding carboxylic acids is 1. The van der Waals surface area contributed by atoms with Crippen LogP contribution in [0.2, 0.25) is 0 Å². The summed E-state index contributed by atoms with van der Waals surface area (Å²) in [6.45, 7) is 0.434. The number of rotatable bonds is 6. The first-order valence-corrected chi connectivity index (χ1v) is 8.30. The van der Waals surface area contributed by atoms with Gasteiger partial charge < -0.3 is 14.7 Å². The lowest BCUT2D eigenvalue weighted by Crippen LogP contribution is -2.37. The molecule has 1 atom stereocenters. The highest BCUT2D eigenvalue weighted by molar-refractivity contribution is 5.77. The van der Waals surface area contributed by atoms with Gasteiger partial charge in [-0.15, -0.1) is 0 Å². The number of aliphatic hydroxyl groups excluding tert-OH is 1. The molecule has 1 N–H and O–H groups in total. The minimum absolute atomic E-state index is 0.0344. The lowest BCUT2D eigenvalue weighted by atomic mass is 9.92. The molecule has 0 aliphatic heterocycles. The smallest absolute Gasteiger partial charge is 0.260 e. The van der Waals surface area contributed by atoms with Gasteiger partial charge >= 0.3 is 0 Å². The maximum Gasteiger partial charge on any atom is 0.260 e. The van der Waals surface area contributed by atoms with Gasteiger partial charge in [0.25, 0.3) is 5.91 Å². The van der Waals surface area contributed by atoms with Crippen molar-refractivity contribution in [1.82, 2.24) is 4.90 Å². The molecular weight excluding hydrogens is 278 g/mol. The van der Waals surface area contributed by atoms with E-state index in [2.05, 4.69) is 12.1 Å². The van der Waals surface area contributed by atoms with Gasteiger partial charge in [-0.05, 0) is 67.7 Å². The number of likely N-dealkylation sites (N-methyl/N-ethyl adjacent to an activating group) is 1. The summed E-state index contributed by atoms with van der Waals surface area (Å²) >= 11 is 0. The molecule has 2 aliphatic rings. The van der Waals surface area contributed by atoms with Crippen LogP contribution in [0.3, 0.4) is 0 Å². The number of nitrogens with zero attached hydrogens (tertiary/aromatic N) is 1. The first kappa shape index (κ1) is 15.3. The summed E-state index contributed by atoms with van der Waals surface area (Å²) < 4.78 is 5.64. The van der Waals surface area contributed by atoms with Gasteiger partial charge in [0.1, 0.15) is 5.75 Å². The molecule has 1 aromatic carbocycles. The molecule has 0 aromatic heterocycles. The number of hydrogen-bond donors (Lipinski definition) is 1. The summed E-state index contributed by atoms with van der Waals surface area (Å²) in [5.41, 5.74) is 2.77. The second kappa shape index (κ2) is 6.69. The molecular formula is C18H25NO3. The van der Waals surface area contributed by atoms with Crippen molar-refractivity contribution in [3.63, 3.8) is 0 Å². The number of ether oxygens (including phenoxy) is 1. The Kier molecular flexibility index (Phi) is 4.67. The lowest BCUT2D eigenvalue weighted by molar-refractivity contribution is -0.133. The summed E-state index contributed by atoms with van der Waals surface area (Å²) in [4.78, 5) is 13.6. The Morgan fingerprint density at radius 1 is 1.32 bits per heavy atom. The molecule has 0 bridgehead atoms. The molecule has 4 heteroatoms. The third-order valence-electron chi connectivity index (χ3n) is 4.74. The first-order chi connectivity index (χ1) is 10.6. The molecule has 0 spiro atoms. The molecule has 1 unspecified atom stereocenters. The number of fused-ring (bicyclic) bond motifs is 1. The monoisotopic (exact) mass is 303 g/mol. The predicted molar refractivity (Wildman–Crippen MR) is 84.9 cm³/mol. The highest BCUT2D eigenvalue weighted by atomic mass is 16.5. The normalized spacial score (nSPS) is 18.5. The van der Waals surface area contributed by atoms with Gasteiger partial charge in [0.15, 0.2) is 6.61 Å². The van der Waals surface area contributed by atoms with Crippen molar-refractivity contribution in [2.24, 2.45) is 5.92 Å². The SMILES string of the molecule is CN(CC(O)C1CC1)C(=O)COc1ccc2c(c1)CCCC2. The zero-order valence-electron chi connectivity index (χ0n) is 13.3. The van der Waals surface area contributed by atoms with E-state index in [4.69, 9.17) is 4.74 Å². The number of benzene rings is 1. The van der Waals surface area contributed by atoms with Crippen molar-refractivity contribution in [3.05, 3.63) is 29.3 Å². The number of carbonyl (C=O) groups is 1. The van der Waals surface area contributed by atoms with Gasteiger partial charge in [-0.1, -0.05) is 6.07 Å². The quantitative estimate of drug-likeness (QED) is 0.876. The van der Waals surface area contributed by atoms with E-state index in [9.17, 15) is 9.90 Å². The Bertz CT molecular complexity index is 539. The highest BCUT2D eigenvalue weighted by Gasteiger charge is 2.31. The van der Waals surface area contributed by atoms with E-state index in [1.165, 1.54) is 24.0 Å². The van der Waals surface area contributed by atoms with Gasteiger partial charge in [0.2, 0.25) is 0 Å². The molecule has 1 saturated carbocycles. The van der Waals surface area contributed by atoms with Crippen LogP contribution < -0.4 is 4.74 Å². The molecule has 4 nitrogen and oxygen atoms in total. The van der Waals surface area contributed by atoms with Crippen molar-refractivity contribution in [2.75, 3.05) is 20.2 Å². The summed E-state index contributed by atoms with van der Waals surface area (Å²) in [5, 5.41) is 9.89. The Labute approximate surface area is 132 Å². The molecule has 1 amide bonds. The van der Waals surface area contributed by atoms with Crippen LogP contribution >= 0.6 is 0 Å². The van der Waals surface area contributed by atoms with Crippen molar-refractivity contribution >= 4 is 5.91 Å². The third-order valence-corrected chi connectivity index (χ3v) is 4.74. The molecule has 1 aromatic rings. The van der Waals surface area contributed by atoms with Gasteiger partial charge in [0.05, 0.1) is 6.10 Å². The molecule has 22 heavy (non-hydrogen) atoms. The highest BCUT2D eigenvalue weighted by Crippen LogP contribution is 2.32. The largest absolute Gasteiger partial charge is 0.484 e. The number of aliphatic hydroxyl groups is 1. The van der Waals surface area contributed by atoms with E-state index in [-0.39, 0.29) is 12.5 Å². The van der Waals surface area contributed by atoms with Crippen molar-refractivity contribution in [1.29, 1.82) is 0 Å². The van der Waals surface area contributed by atoms with E-state index in [1.807, 2.05) is 6.07 Å². The topological polar surface area (TPSA) is 49.8 Å². The fourth-order valence-corrected chi connectivity index (χ4v) is 3.07. The zero-order valence-corrected chi connectivity index (χ0v) is 13.3. The average molecular weight is 303 g/mol. The average Bonchev–Trinajstić information content (AvgIpc) is 3.37. The summed E-state index contributed by atoms with van der Waals surface area (Å²) in [7, 11) is 1.73. The van der Waals surface area contributed by atoms with Crippen molar-refractivity contribution in [2.45, 2.75) is 44.6 Å². The summed E-state index contributed by atoms with van der Waals surface area (Å²) in [6, 6.07) is 6.14. The van der Waals surface area contributed by atoms with Gasteiger partial charge in [-0.25, -0.2) is 0 Å². The van der Waals surface area contributed by atoms with Crippen LogP contribution in [0.5, 0.6) is 5.75 Å². The first-order valence-electron chi connectivity index (χ1n) is 8.30. The minimum atomic E-state index is -0.391. The van der Waals surface area contributed by atoms with Gasteiger partial charge in [0, 0.05) is 13.6 Å². The van der Waals surface area contributed by atoms with Gasteiger partial charge in [-0.2, -0.15) is 0 Å². The van der Waals surface area contributed by atoms with E-state index in [0.717, 1.165) is 31.4 Å². The lowest BCUT2D eigenvalue weighted by Gasteiger charge is -2.21. The van der Waals surface area contributed by atoms with E-state index >= 15 is 0 Å². The van der Waals surface area contributed by atoms with Crippen LogP contribution in [0.1, 0.15) is 36.8 Å². The second-order valence-electron chi connectivity index (χ2n) is 6.61. The van der Waals surface area contributed by atoms with Crippen LogP contribution in [0, 0.1) is 5.92 Å². The molecule has 0 radical (unpaired) electrons. The maximum absolute atomic E-state index is 12.1. The number of aryl methyl sites for hydroxylation is 2. The fourth-order valence-electron chi connectivity index (χ4n) is 3.07. The van der Waals surface area contributed by atoms with E-state index < -0.39 is 6.10 Å².